The zero-order valence-electron chi connectivity index (χ0n) is 15.8. The van der Waals surface area contributed by atoms with E-state index in [1.807, 2.05) is 6.92 Å². The summed E-state index contributed by atoms with van der Waals surface area (Å²) < 4.78 is 52.5. The van der Waals surface area contributed by atoms with Gasteiger partial charge in [0.25, 0.3) is 0 Å². The summed E-state index contributed by atoms with van der Waals surface area (Å²) in [7, 11) is 0. The summed E-state index contributed by atoms with van der Waals surface area (Å²) >= 11 is 0. The minimum Gasteiger partial charge on any atom is -0.405 e. The van der Waals surface area contributed by atoms with Crippen LogP contribution in [0.15, 0.2) is 29.3 Å². The molecule has 1 atom stereocenters. The Kier molecular flexibility index (Phi) is 11.5. The lowest BCUT2D eigenvalue weighted by Crippen LogP contribution is -2.38. The Morgan fingerprint density at radius 1 is 1.29 bits per heavy atom. The maximum absolute atomic E-state index is 12.5. The van der Waals surface area contributed by atoms with E-state index in [1.54, 1.807) is 12.1 Å². The van der Waals surface area contributed by atoms with Gasteiger partial charge in [-0.1, -0.05) is 18.2 Å². The molecule has 0 aliphatic carbocycles. The molecule has 1 fully saturated rings. The number of guanidine groups is 1. The number of ether oxygens (including phenoxy) is 3. The Hall–Kier alpha value is -1.27. The van der Waals surface area contributed by atoms with E-state index in [0.29, 0.717) is 37.8 Å². The summed E-state index contributed by atoms with van der Waals surface area (Å²) in [6.45, 7) is 5.28. The molecule has 2 rings (SSSR count). The Bertz CT molecular complexity index is 597. The minimum atomic E-state index is -4.73. The number of benzene rings is 1. The van der Waals surface area contributed by atoms with Gasteiger partial charge < -0.3 is 24.8 Å². The summed E-state index contributed by atoms with van der Waals surface area (Å²) in [5.41, 5.74) is 0.358. The van der Waals surface area contributed by atoms with Crippen LogP contribution in [0.25, 0.3) is 0 Å². The molecular formula is C18H27F3IN3O3. The zero-order valence-corrected chi connectivity index (χ0v) is 18.1. The van der Waals surface area contributed by atoms with Crippen LogP contribution >= 0.6 is 24.0 Å². The molecule has 1 heterocycles. The van der Waals surface area contributed by atoms with Gasteiger partial charge in [-0.25, -0.2) is 4.99 Å². The molecule has 160 valence electrons. The highest BCUT2D eigenvalue weighted by molar-refractivity contribution is 14.0. The third kappa shape index (κ3) is 9.78. The number of hydrogen-bond acceptors (Lipinski definition) is 4. The third-order valence-electron chi connectivity index (χ3n) is 3.81. The number of halogens is 4. The number of nitrogens with one attached hydrogen (secondary N) is 2. The second-order valence-corrected chi connectivity index (χ2v) is 5.99. The first-order chi connectivity index (χ1) is 13.0. The maximum Gasteiger partial charge on any atom is 0.573 e. The molecule has 1 unspecified atom stereocenters. The second kappa shape index (κ2) is 13.0. The number of aliphatic imine (C=N–C) groups is 1. The quantitative estimate of drug-likeness (QED) is 0.228. The highest BCUT2D eigenvalue weighted by atomic mass is 127. The molecule has 1 aliphatic heterocycles. The van der Waals surface area contributed by atoms with E-state index in [-0.39, 0.29) is 42.4 Å². The van der Waals surface area contributed by atoms with Crippen LogP contribution in [0.2, 0.25) is 0 Å². The number of nitrogens with zero attached hydrogens (tertiary/aromatic N) is 1. The fourth-order valence-corrected chi connectivity index (χ4v) is 2.54. The highest BCUT2D eigenvalue weighted by Gasteiger charge is 2.31. The minimum absolute atomic E-state index is 0. The third-order valence-corrected chi connectivity index (χ3v) is 3.81. The van der Waals surface area contributed by atoms with Crippen molar-refractivity contribution in [2.45, 2.75) is 38.8 Å². The van der Waals surface area contributed by atoms with Gasteiger partial charge in [-0.05, 0) is 25.8 Å². The van der Waals surface area contributed by atoms with Crippen LogP contribution in [0.1, 0.15) is 25.3 Å². The first-order valence-corrected chi connectivity index (χ1v) is 9.03. The lowest BCUT2D eigenvalue weighted by molar-refractivity contribution is -0.274. The smallest absolute Gasteiger partial charge is 0.405 e. The topological polar surface area (TPSA) is 64.1 Å². The van der Waals surface area contributed by atoms with Crippen molar-refractivity contribution in [1.82, 2.24) is 10.6 Å². The molecule has 6 nitrogen and oxygen atoms in total. The predicted molar refractivity (Wildman–Crippen MR) is 111 cm³/mol. The van der Waals surface area contributed by atoms with Crippen molar-refractivity contribution in [3.8, 4) is 5.75 Å². The van der Waals surface area contributed by atoms with Crippen LogP contribution in [0.3, 0.4) is 0 Å². The number of para-hydroxylation sites is 1. The van der Waals surface area contributed by atoms with E-state index < -0.39 is 6.36 Å². The van der Waals surface area contributed by atoms with Crippen LogP contribution < -0.4 is 15.4 Å². The molecule has 0 aromatic heterocycles. The van der Waals surface area contributed by atoms with E-state index in [9.17, 15) is 13.2 Å². The van der Waals surface area contributed by atoms with Gasteiger partial charge in [0.15, 0.2) is 5.96 Å². The summed E-state index contributed by atoms with van der Waals surface area (Å²) in [5, 5.41) is 6.22. The summed E-state index contributed by atoms with van der Waals surface area (Å²) in [5.74, 6) is 0.292. The van der Waals surface area contributed by atoms with Gasteiger partial charge in [0.05, 0.1) is 19.3 Å². The molecule has 0 spiro atoms. The van der Waals surface area contributed by atoms with E-state index in [4.69, 9.17) is 9.47 Å². The predicted octanol–water partition coefficient (Wildman–Crippen LogP) is 3.45. The van der Waals surface area contributed by atoms with Crippen molar-refractivity contribution in [2.75, 3.05) is 32.9 Å². The molecule has 2 N–H and O–H groups in total. The van der Waals surface area contributed by atoms with Crippen LogP contribution in [0.4, 0.5) is 13.2 Å². The molecule has 10 heteroatoms. The van der Waals surface area contributed by atoms with Gasteiger partial charge >= 0.3 is 6.36 Å². The molecule has 28 heavy (non-hydrogen) atoms. The molecule has 1 aliphatic rings. The van der Waals surface area contributed by atoms with Crippen molar-refractivity contribution in [2.24, 2.45) is 4.99 Å². The average Bonchev–Trinajstić information content (AvgIpc) is 3.12. The van der Waals surface area contributed by atoms with Crippen molar-refractivity contribution in [3.05, 3.63) is 29.8 Å². The normalized spacial score (nSPS) is 17.1. The average molecular weight is 517 g/mol. The second-order valence-electron chi connectivity index (χ2n) is 5.99. The van der Waals surface area contributed by atoms with Crippen LogP contribution in [0.5, 0.6) is 5.75 Å². The molecular weight excluding hydrogens is 490 g/mol. The number of alkyl halides is 3. The van der Waals surface area contributed by atoms with Gasteiger partial charge in [-0.15, -0.1) is 37.1 Å². The Labute approximate surface area is 180 Å². The van der Waals surface area contributed by atoms with Crippen LogP contribution in [-0.4, -0.2) is 51.3 Å². The van der Waals surface area contributed by atoms with Gasteiger partial charge in [-0.3, -0.25) is 0 Å². The molecule has 0 amide bonds. The number of rotatable bonds is 9. The van der Waals surface area contributed by atoms with E-state index in [2.05, 4.69) is 20.4 Å². The van der Waals surface area contributed by atoms with Gasteiger partial charge in [0.2, 0.25) is 0 Å². The Balaban J connectivity index is 0.00000392. The molecule has 0 bridgehead atoms. The van der Waals surface area contributed by atoms with Gasteiger partial charge in [0, 0.05) is 31.9 Å². The monoisotopic (exact) mass is 517 g/mol. The summed E-state index contributed by atoms with van der Waals surface area (Å²) in [4.78, 5) is 4.34. The molecule has 0 saturated carbocycles. The van der Waals surface area contributed by atoms with Crippen LogP contribution in [-0.2, 0) is 16.0 Å². The fourth-order valence-electron chi connectivity index (χ4n) is 2.54. The maximum atomic E-state index is 12.5. The highest BCUT2D eigenvalue weighted by Crippen LogP contribution is 2.26. The Morgan fingerprint density at radius 3 is 2.75 bits per heavy atom. The fraction of sp³-hybridized carbons (Fsp3) is 0.611. The van der Waals surface area contributed by atoms with E-state index in [0.717, 1.165) is 19.4 Å². The van der Waals surface area contributed by atoms with Crippen LogP contribution in [0, 0.1) is 0 Å². The zero-order chi connectivity index (χ0) is 19.5. The van der Waals surface area contributed by atoms with Crippen molar-refractivity contribution >= 4 is 29.9 Å². The summed E-state index contributed by atoms with van der Waals surface area (Å²) in [6, 6.07) is 5.99. The van der Waals surface area contributed by atoms with Gasteiger partial charge in [-0.2, -0.15) is 0 Å². The standard InChI is InChI=1S/C18H26F3N3O3.HI/c1-2-22-17(23-9-5-10-26-15-8-11-25-13-15)24-12-14-6-3-4-7-16(14)27-18(19,20)21;/h3-4,6-7,15H,2,5,8-13H2,1H3,(H2,22,23,24);1H. The number of hydrogen-bond donors (Lipinski definition) is 2. The first-order valence-electron chi connectivity index (χ1n) is 9.03. The summed E-state index contributed by atoms with van der Waals surface area (Å²) in [6.07, 6.45) is -2.84. The van der Waals surface area contributed by atoms with Crippen molar-refractivity contribution < 1.29 is 27.4 Å². The Morgan fingerprint density at radius 2 is 2.07 bits per heavy atom. The first kappa shape index (κ1) is 24.8. The van der Waals surface area contributed by atoms with Crippen molar-refractivity contribution in [1.29, 1.82) is 0 Å². The lowest BCUT2D eigenvalue weighted by atomic mass is 10.2. The van der Waals surface area contributed by atoms with E-state index in [1.165, 1.54) is 12.1 Å². The molecule has 0 radical (unpaired) electrons. The molecule has 1 aromatic rings. The van der Waals surface area contributed by atoms with Gasteiger partial charge in [0.1, 0.15) is 5.75 Å². The van der Waals surface area contributed by atoms with Crippen molar-refractivity contribution in [3.63, 3.8) is 0 Å². The largest absolute Gasteiger partial charge is 0.573 e. The van der Waals surface area contributed by atoms with E-state index >= 15 is 0 Å². The molecule has 1 aromatic carbocycles. The SMILES string of the molecule is CCNC(=NCc1ccccc1OC(F)(F)F)NCCCOC1CCOC1.I. The molecule has 1 saturated heterocycles. The lowest BCUT2D eigenvalue weighted by Gasteiger charge is -2.14.